The number of rotatable bonds is 4. The van der Waals surface area contributed by atoms with E-state index >= 15 is 0 Å². The van der Waals surface area contributed by atoms with Gasteiger partial charge in [-0.05, 0) is 93.0 Å². The van der Waals surface area contributed by atoms with Crippen molar-refractivity contribution in [3.63, 3.8) is 0 Å². The molecule has 5 nitrogen and oxygen atoms in total. The van der Waals surface area contributed by atoms with Crippen LogP contribution in [0.2, 0.25) is 10.0 Å². The topological polar surface area (TPSA) is 52.7 Å². The summed E-state index contributed by atoms with van der Waals surface area (Å²) in [5.74, 6) is -1.08. The first kappa shape index (κ1) is 24.5. The first-order chi connectivity index (χ1) is 16.0. The Morgan fingerprint density at radius 1 is 1.12 bits per heavy atom. The van der Waals surface area contributed by atoms with Crippen LogP contribution in [-0.2, 0) is 9.59 Å². The number of carbonyl (C=O) groups excluding carboxylic acids is 2. The van der Waals surface area contributed by atoms with Gasteiger partial charge in [-0.1, -0.05) is 36.2 Å². The molecule has 1 saturated heterocycles. The van der Waals surface area contributed by atoms with E-state index in [9.17, 15) is 9.59 Å². The Kier molecular flexibility index (Phi) is 6.60. The van der Waals surface area contributed by atoms with Crippen molar-refractivity contribution in [3.8, 4) is 0 Å². The number of halogens is 2. The van der Waals surface area contributed by atoms with E-state index in [0.717, 1.165) is 29.8 Å². The number of thiocarbonyl (C=S) groups is 1. The molecule has 0 aliphatic carbocycles. The van der Waals surface area contributed by atoms with Crippen molar-refractivity contribution in [3.05, 3.63) is 69.2 Å². The van der Waals surface area contributed by atoms with Gasteiger partial charge < -0.3 is 4.90 Å². The van der Waals surface area contributed by atoms with E-state index in [0.29, 0.717) is 21.3 Å². The maximum Gasteiger partial charge on any atom is 0.270 e. The number of nitrogens with one attached hydrogen (secondary N) is 1. The van der Waals surface area contributed by atoms with Crippen molar-refractivity contribution >= 4 is 75.4 Å². The second kappa shape index (κ2) is 9.17. The van der Waals surface area contributed by atoms with Gasteiger partial charge in [0.25, 0.3) is 11.8 Å². The molecule has 0 saturated carbocycles. The van der Waals surface area contributed by atoms with E-state index in [-0.39, 0.29) is 16.2 Å². The molecule has 0 spiro atoms. The van der Waals surface area contributed by atoms with Crippen LogP contribution in [0.1, 0.15) is 45.2 Å². The van der Waals surface area contributed by atoms with Crippen LogP contribution in [0.3, 0.4) is 0 Å². The van der Waals surface area contributed by atoms with Crippen molar-refractivity contribution in [1.82, 2.24) is 5.32 Å². The van der Waals surface area contributed by atoms with Crippen molar-refractivity contribution < 1.29 is 9.59 Å². The van der Waals surface area contributed by atoms with Gasteiger partial charge >= 0.3 is 0 Å². The summed E-state index contributed by atoms with van der Waals surface area (Å²) in [6.45, 7) is 9.45. The minimum absolute atomic E-state index is 0.0160. The van der Waals surface area contributed by atoms with E-state index < -0.39 is 11.8 Å². The highest BCUT2D eigenvalue weighted by Gasteiger charge is 2.35. The summed E-state index contributed by atoms with van der Waals surface area (Å²) in [7, 11) is 0. The molecule has 2 aliphatic rings. The van der Waals surface area contributed by atoms with Gasteiger partial charge in [0.1, 0.15) is 5.57 Å². The maximum absolute atomic E-state index is 13.3. The van der Waals surface area contributed by atoms with Gasteiger partial charge in [-0.25, -0.2) is 0 Å². The average molecular weight is 514 g/mol. The first-order valence-corrected chi connectivity index (χ1v) is 12.2. The monoisotopic (exact) mass is 513 g/mol. The Bertz CT molecular complexity index is 1270. The van der Waals surface area contributed by atoms with Crippen LogP contribution in [0.15, 0.2) is 48.0 Å². The first-order valence-electron chi connectivity index (χ1n) is 11.0. The quantitative estimate of drug-likeness (QED) is 0.298. The fourth-order valence-electron chi connectivity index (χ4n) is 4.50. The molecule has 4 rings (SSSR count). The van der Waals surface area contributed by atoms with E-state index in [2.05, 4.69) is 44.0 Å². The molecule has 34 heavy (non-hydrogen) atoms. The van der Waals surface area contributed by atoms with Gasteiger partial charge in [0.05, 0.1) is 11.2 Å². The van der Waals surface area contributed by atoms with Crippen molar-refractivity contribution in [2.75, 3.05) is 16.3 Å². The highest BCUT2D eigenvalue weighted by molar-refractivity contribution is 7.80. The summed E-state index contributed by atoms with van der Waals surface area (Å²) < 4.78 is 0. The van der Waals surface area contributed by atoms with Gasteiger partial charge in [0.2, 0.25) is 0 Å². The lowest BCUT2D eigenvalue weighted by Crippen LogP contribution is -2.54. The Morgan fingerprint density at radius 2 is 1.79 bits per heavy atom. The zero-order chi connectivity index (χ0) is 24.8. The molecule has 0 unspecified atom stereocenters. The van der Waals surface area contributed by atoms with E-state index in [1.807, 2.05) is 12.1 Å². The minimum Gasteiger partial charge on any atom is -0.362 e. The molecule has 2 aromatic carbocycles. The summed E-state index contributed by atoms with van der Waals surface area (Å²) in [4.78, 5) is 29.7. The van der Waals surface area contributed by atoms with E-state index in [1.165, 1.54) is 11.0 Å². The number of benzene rings is 2. The molecule has 2 amide bonds. The molecule has 2 aromatic rings. The molecule has 8 heteroatoms. The van der Waals surface area contributed by atoms with Crippen LogP contribution < -0.4 is 15.1 Å². The second-order valence-electron chi connectivity index (χ2n) is 8.96. The summed E-state index contributed by atoms with van der Waals surface area (Å²) >= 11 is 17.9. The fourth-order valence-corrected chi connectivity index (χ4v) is 5.11. The van der Waals surface area contributed by atoms with E-state index in [4.69, 9.17) is 35.4 Å². The van der Waals surface area contributed by atoms with Gasteiger partial charge in [-0.15, -0.1) is 0 Å². The number of carbonyl (C=O) groups is 2. The number of hydrogen-bond acceptors (Lipinski definition) is 4. The standard InChI is InChI=1S/C26H25Cl2N3O2S/c1-5-10-30-22-13-21(28)16(11-19(22)15(2)14-26(30,3)4)12-20-23(32)29-25(34)31(24(20)33)18-8-6-17(27)7-9-18/h6-9,11-14H,5,10H2,1-4H3,(H,29,32,34)/b20-12-. The van der Waals surface area contributed by atoms with Crippen molar-refractivity contribution in [2.45, 2.75) is 39.7 Å². The van der Waals surface area contributed by atoms with Crippen LogP contribution in [0.5, 0.6) is 0 Å². The predicted molar refractivity (Wildman–Crippen MR) is 144 cm³/mol. The Balaban J connectivity index is 1.78. The SMILES string of the molecule is CCCN1c2cc(Cl)c(/C=C3/C(=O)NC(=S)N(c4ccc(Cl)cc4)C3=O)cc2C(C)=CC1(C)C. The molecular formula is C26H25Cl2N3O2S. The van der Waals surface area contributed by atoms with Gasteiger partial charge in [-0.2, -0.15) is 0 Å². The largest absolute Gasteiger partial charge is 0.362 e. The number of allylic oxidation sites excluding steroid dienone is 1. The van der Waals surface area contributed by atoms with Crippen LogP contribution in [0.25, 0.3) is 11.6 Å². The Labute approximate surface area is 215 Å². The van der Waals surface area contributed by atoms with Gasteiger partial charge in [-0.3, -0.25) is 19.8 Å². The molecule has 0 aromatic heterocycles. The lowest BCUT2D eigenvalue weighted by atomic mass is 9.87. The van der Waals surface area contributed by atoms with Crippen molar-refractivity contribution in [1.29, 1.82) is 0 Å². The Hall–Kier alpha value is -2.67. The molecule has 2 aliphatic heterocycles. The third-order valence-electron chi connectivity index (χ3n) is 6.03. The highest BCUT2D eigenvalue weighted by Crippen LogP contribution is 2.42. The van der Waals surface area contributed by atoms with Crippen molar-refractivity contribution in [2.24, 2.45) is 0 Å². The Morgan fingerprint density at radius 3 is 2.44 bits per heavy atom. The normalized spacial score (nSPS) is 18.7. The molecule has 0 bridgehead atoms. The van der Waals surface area contributed by atoms with Crippen LogP contribution in [0, 0.1) is 0 Å². The molecule has 2 heterocycles. The zero-order valence-corrected chi connectivity index (χ0v) is 21.7. The predicted octanol–water partition coefficient (Wildman–Crippen LogP) is 6.24. The lowest BCUT2D eigenvalue weighted by molar-refractivity contribution is -0.122. The number of nitrogens with zero attached hydrogens (tertiary/aromatic N) is 2. The van der Waals surface area contributed by atoms with E-state index in [1.54, 1.807) is 24.3 Å². The smallest absolute Gasteiger partial charge is 0.270 e. The number of amides is 2. The molecule has 176 valence electrons. The average Bonchev–Trinajstić information content (AvgIpc) is 2.75. The summed E-state index contributed by atoms with van der Waals surface area (Å²) in [5, 5.41) is 3.61. The van der Waals surface area contributed by atoms with Crippen LogP contribution in [-0.4, -0.2) is 29.0 Å². The highest BCUT2D eigenvalue weighted by atomic mass is 35.5. The second-order valence-corrected chi connectivity index (χ2v) is 10.2. The summed E-state index contributed by atoms with van der Waals surface area (Å²) in [5.41, 5.74) is 4.09. The minimum atomic E-state index is -0.560. The number of fused-ring (bicyclic) bond motifs is 1. The summed E-state index contributed by atoms with van der Waals surface area (Å²) in [6, 6.07) is 10.5. The molecule has 0 radical (unpaired) electrons. The maximum atomic E-state index is 13.3. The molecule has 1 N–H and O–H groups in total. The third-order valence-corrected chi connectivity index (χ3v) is 6.89. The van der Waals surface area contributed by atoms with Gasteiger partial charge in [0, 0.05) is 27.8 Å². The summed E-state index contributed by atoms with van der Waals surface area (Å²) in [6.07, 6.45) is 4.76. The van der Waals surface area contributed by atoms with Crippen LogP contribution in [0.4, 0.5) is 11.4 Å². The molecule has 1 fully saturated rings. The van der Waals surface area contributed by atoms with Gasteiger partial charge in [0.15, 0.2) is 5.11 Å². The number of anilines is 2. The molecular weight excluding hydrogens is 489 g/mol. The molecule has 0 atom stereocenters. The third kappa shape index (κ3) is 4.38. The fraction of sp³-hybridized carbons (Fsp3) is 0.269. The van der Waals surface area contributed by atoms with Crippen LogP contribution >= 0.6 is 35.4 Å². The number of hydrogen-bond donors (Lipinski definition) is 1. The zero-order valence-electron chi connectivity index (χ0n) is 19.4. The lowest BCUT2D eigenvalue weighted by Gasteiger charge is -2.43.